The average Bonchev–Trinajstić information content (AvgIpc) is 3.00. The van der Waals surface area contributed by atoms with Gasteiger partial charge in [-0.1, -0.05) is 26.7 Å². The molecule has 2 heterocycles. The largest absolute Gasteiger partial charge is 0.326 e. The number of carbonyl (C=O) groups excluding carboxylic acids is 2. The van der Waals surface area contributed by atoms with Crippen molar-refractivity contribution in [1.29, 1.82) is 0 Å². The topological polar surface area (TPSA) is 86.8 Å². The third-order valence-corrected chi connectivity index (χ3v) is 7.71. The number of rotatable bonds is 4. The van der Waals surface area contributed by atoms with E-state index in [1.165, 1.54) is 4.90 Å². The summed E-state index contributed by atoms with van der Waals surface area (Å²) in [5.74, 6) is 0.301. The molecule has 0 radical (unpaired) electrons. The van der Waals surface area contributed by atoms with Crippen LogP contribution in [0.3, 0.4) is 0 Å². The van der Waals surface area contributed by atoms with Crippen LogP contribution in [0.1, 0.15) is 46.0 Å². The van der Waals surface area contributed by atoms with Crippen molar-refractivity contribution in [3.05, 3.63) is 0 Å². The number of carbonyl (C=O) groups is 2. The number of hydrogen-bond donors (Lipinski definition) is 1. The molecule has 3 atom stereocenters. The van der Waals surface area contributed by atoms with Crippen LogP contribution in [-0.4, -0.2) is 66.5 Å². The lowest BCUT2D eigenvalue weighted by molar-refractivity contribution is -0.135. The lowest BCUT2D eigenvalue weighted by Crippen LogP contribution is -2.54. The molecule has 1 saturated carbocycles. The first-order valence-electron chi connectivity index (χ1n) is 8.87. The van der Waals surface area contributed by atoms with Crippen molar-refractivity contribution >= 4 is 21.8 Å². The van der Waals surface area contributed by atoms with E-state index in [1.807, 2.05) is 18.7 Å². The molecule has 24 heavy (non-hydrogen) atoms. The first-order chi connectivity index (χ1) is 11.3. The first-order valence-corrected chi connectivity index (χ1v) is 10.7. The summed E-state index contributed by atoms with van der Waals surface area (Å²) in [4.78, 5) is 28.7. The lowest BCUT2D eigenvalue weighted by atomic mass is 9.73. The number of sulfone groups is 1. The molecule has 2 saturated heterocycles. The van der Waals surface area contributed by atoms with Gasteiger partial charge in [0.1, 0.15) is 5.54 Å². The van der Waals surface area contributed by atoms with E-state index in [-0.39, 0.29) is 42.1 Å². The summed E-state index contributed by atoms with van der Waals surface area (Å²) in [5.41, 5.74) is -0.753. The fourth-order valence-electron chi connectivity index (χ4n) is 4.34. The predicted molar refractivity (Wildman–Crippen MR) is 90.0 cm³/mol. The van der Waals surface area contributed by atoms with Gasteiger partial charge < -0.3 is 5.32 Å². The summed E-state index contributed by atoms with van der Waals surface area (Å²) < 4.78 is 23.5. The molecule has 0 aromatic heterocycles. The Morgan fingerprint density at radius 2 is 2.04 bits per heavy atom. The SMILES string of the molecule is CCN(CN1C(=O)N[C@]2(CCCC[C@@H]2C)C1=O)[C@@H]1CCS(=O)(=O)C1. The maximum absolute atomic E-state index is 13.0. The van der Waals surface area contributed by atoms with Crippen molar-refractivity contribution in [2.75, 3.05) is 24.7 Å². The number of urea groups is 1. The highest BCUT2D eigenvalue weighted by Gasteiger charge is 2.55. The van der Waals surface area contributed by atoms with Gasteiger partial charge in [0.2, 0.25) is 0 Å². The van der Waals surface area contributed by atoms with Crippen LogP contribution in [0.15, 0.2) is 0 Å². The van der Waals surface area contributed by atoms with E-state index in [0.29, 0.717) is 19.4 Å². The van der Waals surface area contributed by atoms with E-state index in [1.54, 1.807) is 0 Å². The molecule has 8 heteroatoms. The smallest absolute Gasteiger partial charge is 0.323 e. The first kappa shape index (κ1) is 17.7. The Labute approximate surface area is 143 Å². The molecular weight excluding hydrogens is 330 g/mol. The molecule has 2 aliphatic heterocycles. The molecule has 7 nitrogen and oxygen atoms in total. The van der Waals surface area contributed by atoms with E-state index in [9.17, 15) is 18.0 Å². The van der Waals surface area contributed by atoms with Crippen LogP contribution in [0.4, 0.5) is 4.79 Å². The molecule has 136 valence electrons. The van der Waals surface area contributed by atoms with Gasteiger partial charge in [-0.05, 0) is 31.7 Å². The quantitative estimate of drug-likeness (QED) is 0.757. The van der Waals surface area contributed by atoms with Gasteiger partial charge in [-0.3, -0.25) is 9.69 Å². The van der Waals surface area contributed by atoms with Gasteiger partial charge in [0, 0.05) is 6.04 Å². The van der Waals surface area contributed by atoms with Crippen molar-refractivity contribution in [3.8, 4) is 0 Å². The molecular formula is C16H27N3O4S. The Hall–Kier alpha value is -1.15. The lowest BCUT2D eigenvalue weighted by Gasteiger charge is -2.37. The second-order valence-corrected chi connectivity index (χ2v) is 9.61. The summed E-state index contributed by atoms with van der Waals surface area (Å²) in [7, 11) is -2.99. The Bertz CT molecular complexity index is 635. The van der Waals surface area contributed by atoms with Crippen molar-refractivity contribution < 1.29 is 18.0 Å². The molecule has 0 bridgehead atoms. The number of nitrogens with zero attached hydrogens (tertiary/aromatic N) is 2. The van der Waals surface area contributed by atoms with E-state index in [2.05, 4.69) is 5.32 Å². The third-order valence-electron chi connectivity index (χ3n) is 5.96. The Kier molecular flexibility index (Phi) is 4.63. The second kappa shape index (κ2) is 6.29. The third kappa shape index (κ3) is 2.94. The number of nitrogens with one attached hydrogen (secondary N) is 1. The Balaban J connectivity index is 1.74. The fourth-order valence-corrected chi connectivity index (χ4v) is 6.10. The summed E-state index contributed by atoms with van der Waals surface area (Å²) >= 11 is 0. The molecule has 3 aliphatic rings. The van der Waals surface area contributed by atoms with Crippen LogP contribution < -0.4 is 5.32 Å². The van der Waals surface area contributed by atoms with Gasteiger partial charge in [-0.15, -0.1) is 0 Å². The normalized spacial score (nSPS) is 35.9. The van der Waals surface area contributed by atoms with E-state index in [0.717, 1.165) is 19.3 Å². The molecule has 0 unspecified atom stereocenters. The van der Waals surface area contributed by atoms with Crippen LogP contribution in [0.2, 0.25) is 0 Å². The maximum atomic E-state index is 13.0. The van der Waals surface area contributed by atoms with Crippen LogP contribution in [-0.2, 0) is 14.6 Å². The number of hydrogen-bond acceptors (Lipinski definition) is 5. The summed E-state index contributed by atoms with van der Waals surface area (Å²) in [6.07, 6.45) is 4.24. The molecule has 1 spiro atoms. The van der Waals surface area contributed by atoms with Crippen molar-refractivity contribution in [2.45, 2.75) is 57.5 Å². The van der Waals surface area contributed by atoms with Gasteiger partial charge in [0.15, 0.2) is 9.84 Å². The van der Waals surface area contributed by atoms with Crippen molar-refractivity contribution in [3.63, 3.8) is 0 Å². The Morgan fingerprint density at radius 3 is 2.62 bits per heavy atom. The van der Waals surface area contributed by atoms with Crippen molar-refractivity contribution in [1.82, 2.24) is 15.1 Å². The molecule has 0 aromatic rings. The molecule has 3 amide bonds. The molecule has 1 N–H and O–H groups in total. The summed E-state index contributed by atoms with van der Waals surface area (Å²) in [6, 6.07) is -0.450. The standard InChI is InChI=1S/C16H27N3O4S/c1-3-18(13-7-9-24(22,23)10-13)11-19-14(20)16(17-15(19)21)8-5-4-6-12(16)2/h12-13H,3-11H2,1-2H3,(H,17,21)/t12-,13+,16-/m0/s1. The fraction of sp³-hybridized carbons (Fsp3) is 0.875. The number of imide groups is 1. The minimum absolute atomic E-state index is 0.110. The second-order valence-electron chi connectivity index (χ2n) is 7.38. The van der Waals surface area contributed by atoms with E-state index >= 15 is 0 Å². The monoisotopic (exact) mass is 357 g/mol. The average molecular weight is 357 g/mol. The molecule has 0 aromatic carbocycles. The highest BCUT2D eigenvalue weighted by atomic mass is 32.2. The summed E-state index contributed by atoms with van der Waals surface area (Å²) in [6.45, 7) is 4.75. The van der Waals surface area contributed by atoms with Gasteiger partial charge in [-0.2, -0.15) is 0 Å². The van der Waals surface area contributed by atoms with Crippen LogP contribution >= 0.6 is 0 Å². The minimum atomic E-state index is -2.99. The van der Waals surface area contributed by atoms with Gasteiger partial charge in [0.05, 0.1) is 18.2 Å². The zero-order valence-corrected chi connectivity index (χ0v) is 15.3. The van der Waals surface area contributed by atoms with Crippen LogP contribution in [0.25, 0.3) is 0 Å². The summed E-state index contributed by atoms with van der Waals surface area (Å²) in [5, 5.41) is 2.95. The highest BCUT2D eigenvalue weighted by molar-refractivity contribution is 7.91. The van der Waals surface area contributed by atoms with Crippen LogP contribution in [0.5, 0.6) is 0 Å². The predicted octanol–water partition coefficient (Wildman–Crippen LogP) is 0.954. The van der Waals surface area contributed by atoms with Gasteiger partial charge >= 0.3 is 6.03 Å². The molecule has 1 aliphatic carbocycles. The Morgan fingerprint density at radius 1 is 1.29 bits per heavy atom. The van der Waals surface area contributed by atoms with Gasteiger partial charge in [-0.25, -0.2) is 18.1 Å². The maximum Gasteiger partial charge on any atom is 0.326 e. The molecule has 3 rings (SSSR count). The highest BCUT2D eigenvalue weighted by Crippen LogP contribution is 2.38. The zero-order valence-electron chi connectivity index (χ0n) is 14.5. The van der Waals surface area contributed by atoms with E-state index in [4.69, 9.17) is 0 Å². The van der Waals surface area contributed by atoms with E-state index < -0.39 is 15.4 Å². The van der Waals surface area contributed by atoms with Crippen LogP contribution in [0, 0.1) is 5.92 Å². The minimum Gasteiger partial charge on any atom is -0.323 e. The number of amides is 3. The zero-order chi connectivity index (χ0) is 17.5. The van der Waals surface area contributed by atoms with Crippen molar-refractivity contribution in [2.24, 2.45) is 5.92 Å². The molecule has 3 fully saturated rings. The van der Waals surface area contributed by atoms with Gasteiger partial charge in [0.25, 0.3) is 5.91 Å².